The molecule has 0 aliphatic carbocycles. The van der Waals surface area contributed by atoms with Gasteiger partial charge in [-0.1, -0.05) is 0 Å². The van der Waals surface area contributed by atoms with E-state index in [0.717, 1.165) is 5.56 Å². The number of rotatable bonds is 4. The Morgan fingerprint density at radius 3 is 2.67 bits per heavy atom. The first-order valence-electron chi connectivity index (χ1n) is 5.60. The minimum absolute atomic E-state index is 0.0815. The Morgan fingerprint density at radius 2 is 2.00 bits per heavy atom. The van der Waals surface area contributed by atoms with Crippen LogP contribution in [0.3, 0.4) is 0 Å². The first-order valence-corrected chi connectivity index (χ1v) is 5.60. The Balaban J connectivity index is 2.14. The maximum Gasteiger partial charge on any atom is 0.159 e. The molecule has 0 fully saturated rings. The summed E-state index contributed by atoms with van der Waals surface area (Å²) in [5.41, 5.74) is 1.82. The van der Waals surface area contributed by atoms with E-state index in [1.165, 1.54) is 25.1 Å². The number of pyridine rings is 1. The number of aromatic nitrogens is 1. The van der Waals surface area contributed by atoms with Crippen molar-refractivity contribution in [2.24, 2.45) is 0 Å². The summed E-state index contributed by atoms with van der Waals surface area (Å²) < 4.78 is 13.5. The quantitative estimate of drug-likeness (QED) is 0.840. The highest BCUT2D eigenvalue weighted by atomic mass is 19.1. The van der Waals surface area contributed by atoms with Gasteiger partial charge in [0.1, 0.15) is 5.82 Å². The lowest BCUT2D eigenvalue weighted by molar-refractivity contribution is 0.101. The fourth-order valence-electron chi connectivity index (χ4n) is 1.58. The minimum atomic E-state index is -0.367. The molecule has 0 aliphatic heterocycles. The van der Waals surface area contributed by atoms with Crippen LogP contribution in [0.1, 0.15) is 22.8 Å². The van der Waals surface area contributed by atoms with Gasteiger partial charge in [0.25, 0.3) is 0 Å². The molecule has 1 aromatic carbocycles. The summed E-state index contributed by atoms with van der Waals surface area (Å²) in [5, 5.41) is 2.97. The van der Waals surface area contributed by atoms with Gasteiger partial charge in [-0.3, -0.25) is 9.78 Å². The number of anilines is 1. The molecule has 1 aromatic heterocycles. The molecule has 0 atom stereocenters. The van der Waals surface area contributed by atoms with Crippen LogP contribution in [0.5, 0.6) is 0 Å². The third-order valence-electron chi connectivity index (χ3n) is 2.61. The van der Waals surface area contributed by atoms with E-state index < -0.39 is 0 Å². The van der Waals surface area contributed by atoms with Gasteiger partial charge in [0, 0.05) is 24.5 Å². The summed E-state index contributed by atoms with van der Waals surface area (Å²) >= 11 is 0. The fraction of sp³-hybridized carbons (Fsp3) is 0.143. The number of hydrogen-bond acceptors (Lipinski definition) is 3. The predicted octanol–water partition coefficient (Wildman–Crippen LogP) is 3.04. The van der Waals surface area contributed by atoms with E-state index in [1.54, 1.807) is 12.4 Å². The Labute approximate surface area is 105 Å². The molecular weight excluding hydrogens is 231 g/mol. The van der Waals surface area contributed by atoms with Crippen molar-refractivity contribution in [3.63, 3.8) is 0 Å². The van der Waals surface area contributed by atoms with Gasteiger partial charge in [-0.2, -0.15) is 0 Å². The van der Waals surface area contributed by atoms with Gasteiger partial charge in [-0.25, -0.2) is 4.39 Å². The third kappa shape index (κ3) is 2.91. The van der Waals surface area contributed by atoms with Crippen LogP contribution in [0.4, 0.5) is 10.1 Å². The average molecular weight is 244 g/mol. The van der Waals surface area contributed by atoms with Crippen molar-refractivity contribution >= 4 is 11.5 Å². The summed E-state index contributed by atoms with van der Waals surface area (Å²) in [4.78, 5) is 15.1. The van der Waals surface area contributed by atoms with E-state index in [0.29, 0.717) is 17.8 Å². The summed E-state index contributed by atoms with van der Waals surface area (Å²) in [6, 6.07) is 8.00. The third-order valence-corrected chi connectivity index (χ3v) is 2.61. The lowest BCUT2D eigenvalue weighted by Gasteiger charge is -2.08. The maximum absolute atomic E-state index is 13.5. The molecule has 3 nitrogen and oxygen atoms in total. The Kier molecular flexibility index (Phi) is 3.67. The van der Waals surface area contributed by atoms with E-state index in [1.807, 2.05) is 12.1 Å². The molecule has 0 spiro atoms. The zero-order valence-corrected chi connectivity index (χ0v) is 9.98. The van der Waals surface area contributed by atoms with Gasteiger partial charge < -0.3 is 5.32 Å². The number of halogens is 1. The van der Waals surface area contributed by atoms with E-state index >= 15 is 0 Å². The smallest absolute Gasteiger partial charge is 0.159 e. The average Bonchev–Trinajstić information content (AvgIpc) is 2.38. The summed E-state index contributed by atoms with van der Waals surface area (Å²) in [5.74, 6) is -0.448. The summed E-state index contributed by atoms with van der Waals surface area (Å²) in [6.45, 7) is 1.95. The second-order valence-electron chi connectivity index (χ2n) is 3.96. The highest BCUT2D eigenvalue weighted by Gasteiger charge is 2.06. The standard InChI is InChI=1S/C14H13FN2O/c1-10(18)12-2-3-13(15)14(8-12)17-9-11-4-6-16-7-5-11/h2-8,17H,9H2,1H3. The van der Waals surface area contributed by atoms with Crippen molar-refractivity contribution < 1.29 is 9.18 Å². The number of carbonyl (C=O) groups is 1. The molecule has 0 bridgehead atoms. The summed E-state index contributed by atoms with van der Waals surface area (Å²) in [7, 11) is 0. The number of nitrogens with one attached hydrogen (secondary N) is 1. The van der Waals surface area contributed by atoms with Crippen LogP contribution in [0.15, 0.2) is 42.7 Å². The molecule has 2 rings (SSSR count). The Hall–Kier alpha value is -2.23. The lowest BCUT2D eigenvalue weighted by Crippen LogP contribution is -2.03. The molecule has 4 heteroatoms. The molecule has 0 radical (unpaired) electrons. The van der Waals surface area contributed by atoms with Gasteiger partial charge in [0.05, 0.1) is 5.69 Å². The molecule has 92 valence electrons. The number of hydrogen-bond donors (Lipinski definition) is 1. The van der Waals surface area contributed by atoms with Crippen LogP contribution >= 0.6 is 0 Å². The second-order valence-corrected chi connectivity index (χ2v) is 3.96. The molecule has 2 aromatic rings. The van der Waals surface area contributed by atoms with Crippen LogP contribution < -0.4 is 5.32 Å². The van der Waals surface area contributed by atoms with Crippen LogP contribution in [0.2, 0.25) is 0 Å². The summed E-state index contributed by atoms with van der Waals surface area (Å²) in [6.07, 6.45) is 3.36. The van der Waals surface area contributed by atoms with Gasteiger partial charge >= 0.3 is 0 Å². The van der Waals surface area contributed by atoms with Gasteiger partial charge in [-0.15, -0.1) is 0 Å². The molecule has 1 N–H and O–H groups in total. The largest absolute Gasteiger partial charge is 0.379 e. The van der Waals surface area contributed by atoms with E-state index in [9.17, 15) is 9.18 Å². The van der Waals surface area contributed by atoms with Crippen molar-refractivity contribution in [3.8, 4) is 0 Å². The van der Waals surface area contributed by atoms with E-state index in [2.05, 4.69) is 10.3 Å². The monoisotopic (exact) mass is 244 g/mol. The number of ketones is 1. The first-order chi connectivity index (χ1) is 8.66. The van der Waals surface area contributed by atoms with Crippen LogP contribution in [-0.4, -0.2) is 10.8 Å². The Bertz CT molecular complexity index is 555. The highest BCUT2D eigenvalue weighted by Crippen LogP contribution is 2.17. The predicted molar refractivity (Wildman–Crippen MR) is 68.0 cm³/mol. The zero-order chi connectivity index (χ0) is 13.0. The molecule has 0 saturated carbocycles. The normalized spacial score (nSPS) is 10.1. The van der Waals surface area contributed by atoms with Crippen molar-refractivity contribution in [1.29, 1.82) is 0 Å². The molecule has 18 heavy (non-hydrogen) atoms. The van der Waals surface area contributed by atoms with Crippen molar-refractivity contribution in [2.45, 2.75) is 13.5 Å². The topological polar surface area (TPSA) is 42.0 Å². The minimum Gasteiger partial charge on any atom is -0.379 e. The number of Topliss-reactive ketones (excluding diaryl/α,β-unsaturated/α-hetero) is 1. The van der Waals surface area contributed by atoms with Crippen molar-refractivity contribution in [2.75, 3.05) is 5.32 Å². The highest BCUT2D eigenvalue weighted by molar-refractivity contribution is 5.94. The van der Waals surface area contributed by atoms with E-state index in [-0.39, 0.29) is 11.6 Å². The van der Waals surface area contributed by atoms with Gasteiger partial charge in [0.15, 0.2) is 5.78 Å². The van der Waals surface area contributed by atoms with Crippen LogP contribution in [0, 0.1) is 5.82 Å². The zero-order valence-electron chi connectivity index (χ0n) is 9.98. The van der Waals surface area contributed by atoms with Gasteiger partial charge in [-0.05, 0) is 42.8 Å². The molecular formula is C14H13FN2O. The maximum atomic E-state index is 13.5. The van der Waals surface area contributed by atoms with Crippen LogP contribution in [0.25, 0.3) is 0 Å². The molecule has 0 amide bonds. The Morgan fingerprint density at radius 1 is 1.28 bits per heavy atom. The molecule has 0 aliphatic rings. The SMILES string of the molecule is CC(=O)c1ccc(F)c(NCc2ccncc2)c1. The molecule has 0 saturated heterocycles. The molecule has 1 heterocycles. The fourth-order valence-corrected chi connectivity index (χ4v) is 1.58. The van der Waals surface area contributed by atoms with Crippen molar-refractivity contribution in [1.82, 2.24) is 4.98 Å². The van der Waals surface area contributed by atoms with Crippen molar-refractivity contribution in [3.05, 3.63) is 59.7 Å². The number of nitrogens with zero attached hydrogens (tertiary/aromatic N) is 1. The lowest BCUT2D eigenvalue weighted by atomic mass is 10.1. The van der Waals surface area contributed by atoms with E-state index in [4.69, 9.17) is 0 Å². The number of carbonyl (C=O) groups excluding carboxylic acids is 1. The number of benzene rings is 1. The van der Waals surface area contributed by atoms with Gasteiger partial charge in [0.2, 0.25) is 0 Å². The second kappa shape index (κ2) is 5.40. The molecule has 0 unspecified atom stereocenters. The first kappa shape index (κ1) is 12.2. The van der Waals surface area contributed by atoms with Crippen LogP contribution in [-0.2, 0) is 6.54 Å².